The summed E-state index contributed by atoms with van der Waals surface area (Å²) in [7, 11) is -4.28. The molecule has 1 N–H and O–H groups in total. The van der Waals surface area contributed by atoms with Gasteiger partial charge in [-0.3, -0.25) is 9.10 Å². The van der Waals surface area contributed by atoms with E-state index in [1.54, 1.807) is 0 Å². The van der Waals surface area contributed by atoms with Crippen LogP contribution in [0.2, 0.25) is 0 Å². The number of hydrogen-bond acceptors (Lipinski definition) is 6. The lowest BCUT2D eigenvalue weighted by molar-refractivity contribution is -0.120. The van der Waals surface area contributed by atoms with Crippen LogP contribution in [0.25, 0.3) is 0 Å². The SMILES string of the molecule is Cc1ccc2c(c1)OC(C)(C)CC2NC(=O)CN(c1cccc(F)c1)S(=O)(=O)c1ccc2c(c1)OCCO2. The molecule has 0 saturated heterocycles. The number of rotatable bonds is 6. The van der Waals surface area contributed by atoms with Gasteiger partial charge in [0.05, 0.1) is 16.6 Å². The Labute approximate surface area is 221 Å². The molecule has 2 heterocycles. The van der Waals surface area contributed by atoms with Gasteiger partial charge >= 0.3 is 0 Å². The molecule has 0 saturated carbocycles. The number of carbonyl (C=O) groups is 1. The van der Waals surface area contributed by atoms with E-state index in [9.17, 15) is 17.6 Å². The van der Waals surface area contributed by atoms with Crippen LogP contribution in [0.5, 0.6) is 17.2 Å². The lowest BCUT2D eigenvalue weighted by Crippen LogP contribution is -2.45. The first-order chi connectivity index (χ1) is 18.0. The van der Waals surface area contributed by atoms with E-state index < -0.39 is 39.9 Å². The highest BCUT2D eigenvalue weighted by Gasteiger charge is 2.36. The van der Waals surface area contributed by atoms with Crippen LogP contribution in [0, 0.1) is 12.7 Å². The minimum absolute atomic E-state index is 0.0263. The summed E-state index contributed by atoms with van der Waals surface area (Å²) >= 11 is 0. The number of aryl methyl sites for hydroxylation is 1. The first kappa shape index (κ1) is 25.8. The van der Waals surface area contributed by atoms with E-state index in [2.05, 4.69) is 5.32 Å². The molecule has 3 aromatic rings. The Kier molecular flexibility index (Phi) is 6.68. The van der Waals surface area contributed by atoms with E-state index in [4.69, 9.17) is 14.2 Å². The Morgan fingerprint density at radius 2 is 1.79 bits per heavy atom. The lowest BCUT2D eigenvalue weighted by Gasteiger charge is -2.38. The molecular weight excluding hydrogens is 511 g/mol. The van der Waals surface area contributed by atoms with E-state index in [0.717, 1.165) is 21.5 Å². The van der Waals surface area contributed by atoms with Crippen molar-refractivity contribution >= 4 is 21.6 Å². The fourth-order valence-electron chi connectivity index (χ4n) is 4.72. The Bertz CT molecular complexity index is 1490. The maximum atomic E-state index is 14.2. The minimum Gasteiger partial charge on any atom is -0.487 e. The maximum Gasteiger partial charge on any atom is 0.264 e. The summed E-state index contributed by atoms with van der Waals surface area (Å²) < 4.78 is 59.8. The van der Waals surface area contributed by atoms with Gasteiger partial charge in [0.1, 0.15) is 36.9 Å². The van der Waals surface area contributed by atoms with Crippen LogP contribution in [-0.2, 0) is 14.8 Å². The average Bonchev–Trinajstić information content (AvgIpc) is 2.86. The summed E-state index contributed by atoms with van der Waals surface area (Å²) in [6.07, 6.45) is 0.490. The van der Waals surface area contributed by atoms with Crippen LogP contribution in [-0.4, -0.2) is 39.7 Å². The quantitative estimate of drug-likeness (QED) is 0.494. The molecular formula is C28H29FN2O6S. The third-order valence-electron chi connectivity index (χ3n) is 6.45. The van der Waals surface area contributed by atoms with Crippen LogP contribution in [0.4, 0.5) is 10.1 Å². The van der Waals surface area contributed by atoms with Crippen molar-refractivity contribution in [2.45, 2.75) is 43.7 Å². The standard InChI is InChI=1S/C28H29FN2O6S/c1-18-7-9-22-23(16-28(2,3)37-25(22)13-18)30-27(32)17-31(20-6-4-5-19(29)14-20)38(33,34)21-8-10-24-26(15-21)36-12-11-35-24/h4-10,13-15,23H,11-12,16-17H2,1-3H3,(H,30,32). The number of sulfonamides is 1. The molecule has 0 aliphatic carbocycles. The van der Waals surface area contributed by atoms with Crippen molar-refractivity contribution in [1.82, 2.24) is 5.32 Å². The highest BCUT2D eigenvalue weighted by Crippen LogP contribution is 2.40. The molecule has 0 radical (unpaired) electrons. The van der Waals surface area contributed by atoms with Crippen LogP contribution >= 0.6 is 0 Å². The Morgan fingerprint density at radius 3 is 2.55 bits per heavy atom. The Hall–Kier alpha value is -3.79. The highest BCUT2D eigenvalue weighted by molar-refractivity contribution is 7.92. The molecule has 38 heavy (non-hydrogen) atoms. The number of halogens is 1. The van der Waals surface area contributed by atoms with Crippen molar-refractivity contribution in [3.8, 4) is 17.2 Å². The second kappa shape index (κ2) is 9.83. The van der Waals surface area contributed by atoms with E-state index in [-0.39, 0.29) is 22.9 Å². The summed E-state index contributed by atoms with van der Waals surface area (Å²) in [5.74, 6) is 0.237. The molecule has 200 valence electrons. The smallest absolute Gasteiger partial charge is 0.264 e. The minimum atomic E-state index is -4.28. The van der Waals surface area contributed by atoms with Gasteiger partial charge in [-0.05, 0) is 62.7 Å². The van der Waals surface area contributed by atoms with Gasteiger partial charge in [0.2, 0.25) is 5.91 Å². The summed E-state index contributed by atoms with van der Waals surface area (Å²) in [5.41, 5.74) is 1.32. The average molecular weight is 541 g/mol. The summed E-state index contributed by atoms with van der Waals surface area (Å²) in [6, 6.07) is 14.7. The van der Waals surface area contributed by atoms with Gasteiger partial charge in [0.15, 0.2) is 11.5 Å². The maximum absolute atomic E-state index is 14.2. The van der Waals surface area contributed by atoms with Crippen molar-refractivity contribution in [3.05, 3.63) is 77.6 Å². The predicted molar refractivity (Wildman–Crippen MR) is 140 cm³/mol. The van der Waals surface area contributed by atoms with Crippen LogP contribution < -0.4 is 23.8 Å². The second-order valence-corrected chi connectivity index (χ2v) is 11.9. The number of hydrogen-bond donors (Lipinski definition) is 1. The number of fused-ring (bicyclic) bond motifs is 2. The van der Waals surface area contributed by atoms with Crippen LogP contribution in [0.15, 0.2) is 65.6 Å². The van der Waals surface area contributed by atoms with Crippen LogP contribution in [0.3, 0.4) is 0 Å². The third kappa shape index (κ3) is 5.26. The summed E-state index contributed by atoms with van der Waals surface area (Å²) in [6.45, 7) is 5.92. The first-order valence-corrected chi connectivity index (χ1v) is 13.7. The number of amides is 1. The fourth-order valence-corrected chi connectivity index (χ4v) is 6.14. The zero-order chi connectivity index (χ0) is 27.1. The Balaban J connectivity index is 1.46. The monoisotopic (exact) mass is 540 g/mol. The molecule has 0 spiro atoms. The zero-order valence-corrected chi connectivity index (χ0v) is 22.2. The van der Waals surface area contributed by atoms with E-state index in [0.29, 0.717) is 24.5 Å². The largest absolute Gasteiger partial charge is 0.487 e. The molecule has 10 heteroatoms. The molecule has 3 aromatic carbocycles. The fraction of sp³-hybridized carbons (Fsp3) is 0.321. The summed E-state index contributed by atoms with van der Waals surface area (Å²) in [4.78, 5) is 13.3. The van der Waals surface area contributed by atoms with Crippen molar-refractivity contribution in [3.63, 3.8) is 0 Å². The predicted octanol–water partition coefficient (Wildman–Crippen LogP) is 4.52. The number of carbonyl (C=O) groups excluding carboxylic acids is 1. The van der Waals surface area contributed by atoms with Gasteiger partial charge in [0.25, 0.3) is 10.0 Å². The normalized spacial score (nSPS) is 17.6. The van der Waals surface area contributed by atoms with Gasteiger partial charge in [-0.2, -0.15) is 0 Å². The van der Waals surface area contributed by atoms with Gasteiger partial charge in [-0.1, -0.05) is 18.2 Å². The number of benzene rings is 3. The van der Waals surface area contributed by atoms with Crippen molar-refractivity contribution in [2.75, 3.05) is 24.1 Å². The molecule has 0 aromatic heterocycles. The molecule has 8 nitrogen and oxygen atoms in total. The van der Waals surface area contributed by atoms with E-state index >= 15 is 0 Å². The number of anilines is 1. The van der Waals surface area contributed by atoms with Gasteiger partial charge < -0.3 is 19.5 Å². The van der Waals surface area contributed by atoms with Gasteiger partial charge in [0, 0.05) is 18.1 Å². The molecule has 0 fully saturated rings. The zero-order valence-electron chi connectivity index (χ0n) is 21.4. The molecule has 0 bridgehead atoms. The first-order valence-electron chi connectivity index (χ1n) is 12.3. The molecule has 2 aliphatic heterocycles. The second-order valence-electron chi connectivity index (χ2n) is 10.0. The highest BCUT2D eigenvalue weighted by atomic mass is 32.2. The van der Waals surface area contributed by atoms with Crippen LogP contribution in [0.1, 0.15) is 37.4 Å². The van der Waals surface area contributed by atoms with Crippen molar-refractivity contribution in [2.24, 2.45) is 0 Å². The Morgan fingerprint density at radius 1 is 1.03 bits per heavy atom. The number of nitrogens with zero attached hydrogens (tertiary/aromatic N) is 1. The molecule has 1 amide bonds. The third-order valence-corrected chi connectivity index (χ3v) is 8.22. The number of nitrogens with one attached hydrogen (secondary N) is 1. The topological polar surface area (TPSA) is 94.2 Å². The molecule has 1 unspecified atom stereocenters. The molecule has 1 atom stereocenters. The van der Waals surface area contributed by atoms with Crippen molar-refractivity contribution in [1.29, 1.82) is 0 Å². The number of ether oxygens (including phenoxy) is 3. The summed E-state index contributed by atoms with van der Waals surface area (Å²) in [5, 5.41) is 2.98. The molecule has 5 rings (SSSR count). The molecule has 2 aliphatic rings. The lowest BCUT2D eigenvalue weighted by atomic mass is 9.89. The van der Waals surface area contributed by atoms with Gasteiger partial charge in [-0.15, -0.1) is 0 Å². The van der Waals surface area contributed by atoms with E-state index in [1.807, 2.05) is 39.0 Å². The van der Waals surface area contributed by atoms with Crippen molar-refractivity contribution < 1.29 is 31.8 Å². The van der Waals surface area contributed by atoms with E-state index in [1.165, 1.54) is 36.4 Å². The van der Waals surface area contributed by atoms with Gasteiger partial charge in [-0.25, -0.2) is 12.8 Å².